The molecule has 2 aromatic heterocycles. The fraction of sp³-hybridized carbons (Fsp3) is 0.421. The summed E-state index contributed by atoms with van der Waals surface area (Å²) in [5.41, 5.74) is 2.85. The minimum absolute atomic E-state index is 0.000452. The molecule has 26 heavy (non-hydrogen) atoms. The molecular formula is C19H23N5OS. The summed E-state index contributed by atoms with van der Waals surface area (Å²) in [6.07, 6.45) is 3.70. The molecule has 0 N–H and O–H groups in total. The molecule has 3 heterocycles. The van der Waals surface area contributed by atoms with Crippen molar-refractivity contribution in [1.82, 2.24) is 19.7 Å². The topological polar surface area (TPSA) is 54.3 Å². The molecule has 0 aliphatic carbocycles. The molecule has 0 spiro atoms. The van der Waals surface area contributed by atoms with Gasteiger partial charge in [0.05, 0.1) is 10.2 Å². The van der Waals surface area contributed by atoms with Crippen molar-refractivity contribution >= 4 is 32.6 Å². The lowest BCUT2D eigenvalue weighted by Crippen LogP contribution is -2.45. The van der Waals surface area contributed by atoms with Gasteiger partial charge in [-0.25, -0.2) is 4.98 Å². The normalized spacial score (nSPS) is 15.6. The molecule has 1 fully saturated rings. The maximum absolute atomic E-state index is 12.6. The van der Waals surface area contributed by atoms with Crippen molar-refractivity contribution in [2.75, 3.05) is 25.0 Å². The Labute approximate surface area is 157 Å². The molecule has 4 rings (SSSR count). The third-order valence-electron chi connectivity index (χ3n) is 5.07. The monoisotopic (exact) mass is 369 g/mol. The van der Waals surface area contributed by atoms with E-state index >= 15 is 0 Å². The van der Waals surface area contributed by atoms with E-state index in [1.165, 1.54) is 10.3 Å². The average molecular weight is 369 g/mol. The van der Waals surface area contributed by atoms with E-state index in [9.17, 15) is 4.79 Å². The van der Waals surface area contributed by atoms with Crippen molar-refractivity contribution in [2.24, 2.45) is 7.05 Å². The summed E-state index contributed by atoms with van der Waals surface area (Å²) in [5.74, 6) is -0.000452. The lowest BCUT2D eigenvalue weighted by molar-refractivity contribution is 0.0702. The van der Waals surface area contributed by atoms with E-state index in [0.717, 1.165) is 36.6 Å². The van der Waals surface area contributed by atoms with Crippen molar-refractivity contribution in [2.45, 2.75) is 25.8 Å². The highest BCUT2D eigenvalue weighted by Gasteiger charge is 2.28. The Bertz CT molecular complexity index is 938. The van der Waals surface area contributed by atoms with Crippen LogP contribution in [0.25, 0.3) is 10.2 Å². The second-order valence-corrected chi connectivity index (χ2v) is 7.99. The molecule has 0 unspecified atom stereocenters. The van der Waals surface area contributed by atoms with Crippen LogP contribution in [0.15, 0.2) is 30.5 Å². The van der Waals surface area contributed by atoms with Crippen LogP contribution in [0.3, 0.4) is 0 Å². The van der Waals surface area contributed by atoms with Crippen molar-refractivity contribution in [3.8, 4) is 0 Å². The van der Waals surface area contributed by atoms with Crippen LogP contribution in [-0.4, -0.2) is 51.8 Å². The summed E-state index contributed by atoms with van der Waals surface area (Å²) >= 11 is 1.76. The molecule has 0 radical (unpaired) electrons. The van der Waals surface area contributed by atoms with Crippen LogP contribution in [0, 0.1) is 6.92 Å². The lowest BCUT2D eigenvalue weighted by atomic mass is 10.0. The van der Waals surface area contributed by atoms with Gasteiger partial charge in [0.15, 0.2) is 5.13 Å². The number of amides is 1. The number of piperidine rings is 1. The van der Waals surface area contributed by atoms with Crippen LogP contribution in [0.4, 0.5) is 5.13 Å². The average Bonchev–Trinajstić information content (AvgIpc) is 3.26. The third kappa shape index (κ3) is 3.19. The zero-order valence-corrected chi connectivity index (χ0v) is 16.2. The Kier molecular flexibility index (Phi) is 4.40. The van der Waals surface area contributed by atoms with E-state index in [4.69, 9.17) is 4.98 Å². The van der Waals surface area contributed by atoms with Gasteiger partial charge in [0.1, 0.15) is 5.69 Å². The Morgan fingerprint density at radius 1 is 1.27 bits per heavy atom. The number of hydrogen-bond donors (Lipinski definition) is 0. The molecular weight excluding hydrogens is 346 g/mol. The van der Waals surface area contributed by atoms with Gasteiger partial charge in [0, 0.05) is 39.4 Å². The Balaban J connectivity index is 1.42. The second kappa shape index (κ2) is 6.72. The summed E-state index contributed by atoms with van der Waals surface area (Å²) < 4.78 is 2.91. The van der Waals surface area contributed by atoms with E-state index in [1.54, 1.807) is 28.3 Å². The van der Waals surface area contributed by atoms with Gasteiger partial charge in [-0.3, -0.25) is 9.48 Å². The number of aromatic nitrogens is 3. The predicted octanol–water partition coefficient (Wildman–Crippen LogP) is 3.08. The van der Waals surface area contributed by atoms with Crippen LogP contribution in [0.2, 0.25) is 0 Å². The lowest BCUT2D eigenvalue weighted by Gasteiger charge is -2.36. The minimum Gasteiger partial charge on any atom is -0.348 e. The highest BCUT2D eigenvalue weighted by Crippen LogP contribution is 2.31. The molecule has 7 heteroatoms. The number of carbonyl (C=O) groups excluding carboxylic acids is 1. The Morgan fingerprint density at radius 2 is 2.04 bits per heavy atom. The van der Waals surface area contributed by atoms with Gasteiger partial charge in [0.2, 0.25) is 0 Å². The van der Waals surface area contributed by atoms with Crippen LogP contribution in [-0.2, 0) is 7.05 Å². The molecule has 136 valence electrons. The molecule has 1 aromatic carbocycles. The van der Waals surface area contributed by atoms with Gasteiger partial charge in [-0.15, -0.1) is 0 Å². The third-order valence-corrected chi connectivity index (χ3v) is 6.15. The smallest absolute Gasteiger partial charge is 0.274 e. The van der Waals surface area contributed by atoms with Crippen LogP contribution in [0.1, 0.15) is 28.9 Å². The van der Waals surface area contributed by atoms with E-state index in [2.05, 4.69) is 35.1 Å². The first-order valence-electron chi connectivity index (χ1n) is 8.90. The first-order valence-corrected chi connectivity index (χ1v) is 9.72. The molecule has 1 amide bonds. The Hall–Kier alpha value is -2.41. The van der Waals surface area contributed by atoms with Crippen LogP contribution in [0.5, 0.6) is 0 Å². The number of benzene rings is 1. The highest BCUT2D eigenvalue weighted by atomic mass is 32.1. The van der Waals surface area contributed by atoms with Crippen molar-refractivity contribution in [3.05, 3.63) is 41.7 Å². The quantitative estimate of drug-likeness (QED) is 0.712. The highest BCUT2D eigenvalue weighted by molar-refractivity contribution is 7.22. The van der Waals surface area contributed by atoms with Crippen molar-refractivity contribution in [1.29, 1.82) is 0 Å². The maximum atomic E-state index is 12.6. The summed E-state index contributed by atoms with van der Waals surface area (Å²) in [4.78, 5) is 21.6. The van der Waals surface area contributed by atoms with Gasteiger partial charge in [-0.05, 0) is 43.5 Å². The number of anilines is 1. The fourth-order valence-corrected chi connectivity index (χ4v) is 4.59. The fourth-order valence-electron chi connectivity index (χ4n) is 3.48. The van der Waals surface area contributed by atoms with Gasteiger partial charge in [0.25, 0.3) is 5.91 Å². The van der Waals surface area contributed by atoms with Crippen molar-refractivity contribution in [3.63, 3.8) is 0 Å². The zero-order valence-electron chi connectivity index (χ0n) is 15.3. The molecule has 1 aliphatic heterocycles. The molecule has 0 bridgehead atoms. The minimum atomic E-state index is -0.000452. The Morgan fingerprint density at radius 3 is 2.73 bits per heavy atom. The van der Waals surface area contributed by atoms with E-state index in [0.29, 0.717) is 5.69 Å². The number of fused-ring (bicyclic) bond motifs is 1. The zero-order chi connectivity index (χ0) is 18.3. The molecule has 3 aromatic rings. The van der Waals surface area contributed by atoms with Gasteiger partial charge < -0.3 is 9.80 Å². The van der Waals surface area contributed by atoms with Crippen molar-refractivity contribution < 1.29 is 4.79 Å². The first kappa shape index (κ1) is 17.0. The number of thiazole rings is 1. The van der Waals surface area contributed by atoms with E-state index in [1.807, 2.05) is 19.0 Å². The largest absolute Gasteiger partial charge is 0.348 e. The standard InChI is InChI=1S/C19H23N5OS/c1-13-4-5-15-17(12-13)26-19(20-15)24-10-6-14(7-11-24)23(3)18(25)16-8-9-22(2)21-16/h4-5,8-9,12,14H,6-7,10-11H2,1-3H3. The van der Waals surface area contributed by atoms with Gasteiger partial charge in [-0.1, -0.05) is 17.4 Å². The van der Waals surface area contributed by atoms with E-state index in [-0.39, 0.29) is 11.9 Å². The summed E-state index contributed by atoms with van der Waals surface area (Å²) in [7, 11) is 3.71. The molecule has 0 atom stereocenters. The molecule has 0 saturated carbocycles. The summed E-state index contributed by atoms with van der Waals surface area (Å²) in [5, 5.41) is 5.31. The van der Waals surface area contributed by atoms with Crippen LogP contribution < -0.4 is 4.90 Å². The molecule has 1 aliphatic rings. The first-order chi connectivity index (χ1) is 12.5. The number of nitrogens with zero attached hydrogens (tertiary/aromatic N) is 5. The predicted molar refractivity (Wildman–Crippen MR) is 105 cm³/mol. The SMILES string of the molecule is Cc1ccc2nc(N3CCC(N(C)C(=O)c4ccn(C)n4)CC3)sc2c1. The molecule has 6 nitrogen and oxygen atoms in total. The number of aryl methyl sites for hydroxylation is 2. The number of rotatable bonds is 3. The second-order valence-electron chi connectivity index (χ2n) is 6.98. The van der Waals surface area contributed by atoms with Gasteiger partial charge in [-0.2, -0.15) is 5.10 Å². The summed E-state index contributed by atoms with van der Waals surface area (Å²) in [6, 6.07) is 8.42. The molecule has 1 saturated heterocycles. The number of hydrogen-bond acceptors (Lipinski definition) is 5. The summed E-state index contributed by atoms with van der Waals surface area (Å²) in [6.45, 7) is 3.95. The number of carbonyl (C=O) groups is 1. The van der Waals surface area contributed by atoms with Gasteiger partial charge >= 0.3 is 0 Å². The van der Waals surface area contributed by atoms with E-state index < -0.39 is 0 Å². The van der Waals surface area contributed by atoms with Crippen LogP contribution >= 0.6 is 11.3 Å². The maximum Gasteiger partial charge on any atom is 0.274 e.